The predicted octanol–water partition coefficient (Wildman–Crippen LogP) is 4.01. The summed E-state index contributed by atoms with van der Waals surface area (Å²) in [7, 11) is 0. The van der Waals surface area contributed by atoms with Crippen LogP contribution in [0.1, 0.15) is 31.7 Å². The Morgan fingerprint density at radius 3 is 2.77 bits per heavy atom. The summed E-state index contributed by atoms with van der Waals surface area (Å²) in [6.07, 6.45) is -1.28. The Balaban J connectivity index is 1.88. The summed E-state index contributed by atoms with van der Waals surface area (Å²) in [5.74, 6) is -0.902. The van der Waals surface area contributed by atoms with Crippen LogP contribution in [0.15, 0.2) is 18.3 Å². The highest BCUT2D eigenvalue weighted by molar-refractivity contribution is 5.83. The first kappa shape index (κ1) is 16.9. The van der Waals surface area contributed by atoms with Crippen LogP contribution in [0, 0.1) is 5.82 Å². The monoisotopic (exact) mass is 367 g/mol. The van der Waals surface area contributed by atoms with Crippen LogP contribution >= 0.6 is 0 Å². The molecule has 0 bridgehead atoms. The summed E-state index contributed by atoms with van der Waals surface area (Å²) in [5.41, 5.74) is 4.93. The number of aromatic nitrogens is 2. The van der Waals surface area contributed by atoms with Crippen LogP contribution in [0.5, 0.6) is 0 Å². The minimum Gasteiger partial charge on any atom is -0.368 e. The van der Waals surface area contributed by atoms with E-state index < -0.39 is 23.3 Å². The smallest absolute Gasteiger partial charge is 0.368 e. The van der Waals surface area contributed by atoms with E-state index in [2.05, 4.69) is 15.3 Å². The molecule has 26 heavy (non-hydrogen) atoms. The van der Waals surface area contributed by atoms with Gasteiger partial charge in [0.25, 0.3) is 0 Å². The van der Waals surface area contributed by atoms with Gasteiger partial charge in [-0.25, -0.2) is 14.4 Å². The zero-order chi connectivity index (χ0) is 18.6. The van der Waals surface area contributed by atoms with Gasteiger partial charge in [-0.3, -0.25) is 0 Å². The van der Waals surface area contributed by atoms with Gasteiger partial charge in [0, 0.05) is 17.8 Å². The highest BCUT2D eigenvalue weighted by atomic mass is 19.4. The van der Waals surface area contributed by atoms with E-state index in [9.17, 15) is 17.6 Å². The number of anilines is 3. The molecule has 2 atom stereocenters. The summed E-state index contributed by atoms with van der Waals surface area (Å²) >= 11 is 0. The summed E-state index contributed by atoms with van der Waals surface area (Å²) in [4.78, 5) is 9.21. The third kappa shape index (κ3) is 2.62. The highest BCUT2D eigenvalue weighted by Crippen LogP contribution is 2.45. The maximum Gasteiger partial charge on any atom is 0.419 e. The van der Waals surface area contributed by atoms with Crippen molar-refractivity contribution in [2.24, 2.45) is 0 Å². The molecule has 1 aromatic heterocycles. The SMILES string of the molecule is CC1CCCC2Nc3c(F)cc(-c4nc(N)ncc4C(F)(F)F)cc3N12. The first-order valence-electron chi connectivity index (χ1n) is 8.34. The van der Waals surface area contributed by atoms with E-state index in [1.807, 2.05) is 11.8 Å². The van der Waals surface area contributed by atoms with Crippen molar-refractivity contribution in [2.75, 3.05) is 16.0 Å². The number of hydrogen-bond acceptors (Lipinski definition) is 5. The van der Waals surface area contributed by atoms with Gasteiger partial charge in [0.2, 0.25) is 5.95 Å². The predicted molar refractivity (Wildman–Crippen MR) is 90.0 cm³/mol. The van der Waals surface area contributed by atoms with Crippen LogP contribution in [0.25, 0.3) is 11.3 Å². The maximum absolute atomic E-state index is 14.7. The molecule has 0 radical (unpaired) electrons. The van der Waals surface area contributed by atoms with Crippen molar-refractivity contribution >= 4 is 17.3 Å². The number of nitrogens with two attached hydrogens (primary N) is 1. The molecule has 3 heterocycles. The Labute approximate surface area is 147 Å². The fourth-order valence-corrected chi connectivity index (χ4v) is 3.80. The molecule has 9 heteroatoms. The zero-order valence-corrected chi connectivity index (χ0v) is 13.9. The molecular weight excluding hydrogens is 350 g/mol. The number of fused-ring (bicyclic) bond motifs is 3. The van der Waals surface area contributed by atoms with E-state index in [4.69, 9.17) is 5.73 Å². The Kier molecular flexibility index (Phi) is 3.71. The van der Waals surface area contributed by atoms with Crippen LogP contribution in [-0.4, -0.2) is 22.2 Å². The molecule has 138 valence electrons. The fourth-order valence-electron chi connectivity index (χ4n) is 3.80. The van der Waals surface area contributed by atoms with Gasteiger partial charge in [0.05, 0.1) is 23.2 Å². The highest BCUT2D eigenvalue weighted by Gasteiger charge is 2.39. The first-order chi connectivity index (χ1) is 12.3. The number of halogens is 4. The maximum atomic E-state index is 14.7. The topological polar surface area (TPSA) is 67.1 Å². The number of nitrogen functional groups attached to an aromatic ring is 1. The third-order valence-electron chi connectivity index (χ3n) is 4.95. The molecule has 1 saturated heterocycles. The van der Waals surface area contributed by atoms with Gasteiger partial charge in [-0.15, -0.1) is 0 Å². The Morgan fingerprint density at radius 1 is 1.27 bits per heavy atom. The number of nitrogens with zero attached hydrogens (tertiary/aromatic N) is 3. The molecule has 1 fully saturated rings. The van der Waals surface area contributed by atoms with Gasteiger partial charge in [-0.05, 0) is 38.3 Å². The van der Waals surface area contributed by atoms with Crippen molar-refractivity contribution < 1.29 is 17.6 Å². The Bertz CT molecular complexity index is 867. The van der Waals surface area contributed by atoms with Crippen molar-refractivity contribution in [2.45, 2.75) is 44.6 Å². The number of nitrogens with one attached hydrogen (secondary N) is 1. The molecule has 0 saturated carbocycles. The lowest BCUT2D eigenvalue weighted by atomic mass is 10.0. The van der Waals surface area contributed by atoms with Gasteiger partial charge in [-0.2, -0.15) is 13.2 Å². The Hall–Kier alpha value is -2.58. The standard InChI is InChI=1S/C17H17F4N5/c1-8-3-2-4-13-24-15-11(18)5-9(6-12(15)26(8)13)14-10(17(19,20)21)7-23-16(22)25-14/h5-8,13,24H,2-4H2,1H3,(H2,22,23,25). The number of benzene rings is 1. The fraction of sp³-hybridized carbons (Fsp3) is 0.412. The third-order valence-corrected chi connectivity index (χ3v) is 4.95. The van der Waals surface area contributed by atoms with Crippen LogP contribution in [0.4, 0.5) is 34.9 Å². The molecule has 2 aliphatic heterocycles. The second-order valence-corrected chi connectivity index (χ2v) is 6.69. The lowest BCUT2D eigenvalue weighted by Gasteiger charge is -2.37. The van der Waals surface area contributed by atoms with Gasteiger partial charge in [0.1, 0.15) is 11.4 Å². The van der Waals surface area contributed by atoms with Crippen molar-refractivity contribution in [3.05, 3.63) is 29.7 Å². The summed E-state index contributed by atoms with van der Waals surface area (Å²) in [5, 5.41) is 3.14. The van der Waals surface area contributed by atoms with Gasteiger partial charge >= 0.3 is 6.18 Å². The summed E-state index contributed by atoms with van der Waals surface area (Å²) in [6, 6.07) is 2.77. The summed E-state index contributed by atoms with van der Waals surface area (Å²) in [6.45, 7) is 2.03. The van der Waals surface area contributed by atoms with Crippen LogP contribution in [0.2, 0.25) is 0 Å². The van der Waals surface area contributed by atoms with Crippen molar-refractivity contribution in [3.8, 4) is 11.3 Å². The van der Waals surface area contributed by atoms with Gasteiger partial charge in [-0.1, -0.05) is 0 Å². The second-order valence-electron chi connectivity index (χ2n) is 6.69. The van der Waals surface area contributed by atoms with Crippen molar-refractivity contribution in [3.63, 3.8) is 0 Å². The lowest BCUT2D eigenvalue weighted by molar-refractivity contribution is -0.137. The zero-order valence-electron chi connectivity index (χ0n) is 13.9. The van der Waals surface area contributed by atoms with Crippen molar-refractivity contribution in [1.29, 1.82) is 0 Å². The minimum atomic E-state index is -4.67. The van der Waals surface area contributed by atoms with E-state index in [1.54, 1.807) is 6.07 Å². The van der Waals surface area contributed by atoms with Gasteiger partial charge in [0.15, 0.2) is 0 Å². The summed E-state index contributed by atoms with van der Waals surface area (Å²) < 4.78 is 54.7. The number of hydrogen-bond donors (Lipinski definition) is 2. The van der Waals surface area contributed by atoms with E-state index >= 15 is 0 Å². The average molecular weight is 367 g/mol. The second kappa shape index (κ2) is 5.72. The van der Waals surface area contributed by atoms with Crippen LogP contribution < -0.4 is 16.0 Å². The number of piperidine rings is 1. The molecule has 2 aliphatic rings. The van der Waals surface area contributed by atoms with E-state index in [0.29, 0.717) is 17.6 Å². The number of alkyl halides is 3. The molecule has 3 N–H and O–H groups in total. The van der Waals surface area contributed by atoms with Crippen molar-refractivity contribution in [1.82, 2.24) is 9.97 Å². The minimum absolute atomic E-state index is 0.0305. The lowest BCUT2D eigenvalue weighted by Crippen LogP contribution is -2.45. The Morgan fingerprint density at radius 2 is 2.04 bits per heavy atom. The number of rotatable bonds is 1. The van der Waals surface area contributed by atoms with Crippen LogP contribution in [-0.2, 0) is 6.18 Å². The molecule has 2 unspecified atom stereocenters. The first-order valence-corrected chi connectivity index (χ1v) is 8.34. The molecule has 2 aromatic rings. The molecular formula is C17H17F4N5. The molecule has 4 rings (SSSR count). The van der Waals surface area contributed by atoms with Gasteiger partial charge < -0.3 is 16.0 Å². The van der Waals surface area contributed by atoms with E-state index in [1.165, 1.54) is 0 Å². The molecule has 1 aromatic carbocycles. The molecule has 0 aliphatic carbocycles. The van der Waals surface area contributed by atoms with Crippen LogP contribution in [0.3, 0.4) is 0 Å². The normalized spacial score (nSPS) is 22.0. The largest absolute Gasteiger partial charge is 0.419 e. The average Bonchev–Trinajstić information content (AvgIpc) is 2.94. The van der Waals surface area contributed by atoms with E-state index in [-0.39, 0.29) is 23.7 Å². The molecule has 5 nitrogen and oxygen atoms in total. The molecule has 0 amide bonds. The molecule has 0 spiro atoms. The van der Waals surface area contributed by atoms with E-state index in [0.717, 1.165) is 25.3 Å². The quantitative estimate of drug-likeness (QED) is 0.746.